The van der Waals surface area contributed by atoms with Crippen molar-refractivity contribution in [3.05, 3.63) is 46.1 Å². The molecule has 0 atom stereocenters. The van der Waals surface area contributed by atoms with Crippen molar-refractivity contribution in [1.29, 1.82) is 0 Å². The highest BCUT2D eigenvalue weighted by Gasteiger charge is 2.10. The highest BCUT2D eigenvalue weighted by atomic mass is 35.5. The fourth-order valence-corrected chi connectivity index (χ4v) is 1.82. The minimum atomic E-state index is -0.389. The largest absolute Gasteiger partial charge is 0.372 e. The van der Waals surface area contributed by atoms with Crippen molar-refractivity contribution in [2.45, 2.75) is 0 Å². The van der Waals surface area contributed by atoms with E-state index < -0.39 is 0 Å². The fraction of sp³-hybridized carbons (Fsp3) is 0.0833. The lowest BCUT2D eigenvalue weighted by molar-refractivity contribution is 0.102. The van der Waals surface area contributed by atoms with Crippen LogP contribution in [0, 0.1) is 0 Å². The summed E-state index contributed by atoms with van der Waals surface area (Å²) in [6.07, 6.45) is 0. The minimum Gasteiger partial charge on any atom is -0.372 e. The van der Waals surface area contributed by atoms with E-state index in [1.165, 1.54) is 0 Å². The molecule has 1 amide bonds. The summed E-state index contributed by atoms with van der Waals surface area (Å²) < 4.78 is 0. The van der Waals surface area contributed by atoms with Crippen LogP contribution in [0.3, 0.4) is 0 Å². The van der Waals surface area contributed by atoms with Gasteiger partial charge in [-0.05, 0) is 30.3 Å². The van der Waals surface area contributed by atoms with Gasteiger partial charge in [-0.1, -0.05) is 23.2 Å². The quantitative estimate of drug-likeness (QED) is 0.913. The van der Waals surface area contributed by atoms with Crippen LogP contribution < -0.4 is 10.6 Å². The number of nitrogens with zero attached hydrogens (tertiary/aromatic N) is 2. The number of nitrogens with one attached hydrogen (secondary N) is 2. The molecule has 98 valence electrons. The molecule has 0 aliphatic carbocycles. The maximum atomic E-state index is 11.9. The van der Waals surface area contributed by atoms with Crippen LogP contribution >= 0.6 is 23.2 Å². The molecular formula is C12H10Cl2N4O. The lowest BCUT2D eigenvalue weighted by Crippen LogP contribution is -2.14. The lowest BCUT2D eigenvalue weighted by Gasteiger charge is -2.07. The molecule has 5 nitrogen and oxygen atoms in total. The average Bonchev–Trinajstić information content (AvgIpc) is 2.42. The SMILES string of the molecule is CNc1ccc(C(=O)Nc2ccc(Cl)cc2Cl)nn1. The Kier molecular flexibility index (Phi) is 4.19. The number of halogens is 2. The van der Waals surface area contributed by atoms with Crippen molar-refractivity contribution in [3.63, 3.8) is 0 Å². The number of aromatic nitrogens is 2. The Balaban J connectivity index is 2.15. The van der Waals surface area contributed by atoms with E-state index in [1.54, 1.807) is 37.4 Å². The van der Waals surface area contributed by atoms with E-state index in [4.69, 9.17) is 23.2 Å². The monoisotopic (exact) mass is 296 g/mol. The van der Waals surface area contributed by atoms with Gasteiger partial charge in [-0.3, -0.25) is 4.79 Å². The second kappa shape index (κ2) is 5.86. The minimum absolute atomic E-state index is 0.199. The molecule has 1 aromatic carbocycles. The molecule has 0 radical (unpaired) electrons. The summed E-state index contributed by atoms with van der Waals surface area (Å²) in [6, 6.07) is 8.04. The van der Waals surface area contributed by atoms with E-state index >= 15 is 0 Å². The van der Waals surface area contributed by atoms with Crippen LogP contribution in [0.5, 0.6) is 0 Å². The maximum absolute atomic E-state index is 11.9. The van der Waals surface area contributed by atoms with Crippen LogP contribution in [0.4, 0.5) is 11.5 Å². The molecule has 0 aliphatic rings. The zero-order chi connectivity index (χ0) is 13.8. The van der Waals surface area contributed by atoms with Gasteiger partial charge in [0, 0.05) is 12.1 Å². The molecule has 2 aromatic rings. The molecule has 1 heterocycles. The van der Waals surface area contributed by atoms with E-state index in [9.17, 15) is 4.79 Å². The topological polar surface area (TPSA) is 66.9 Å². The average molecular weight is 297 g/mol. The second-order valence-electron chi connectivity index (χ2n) is 3.63. The van der Waals surface area contributed by atoms with Crippen molar-refractivity contribution in [1.82, 2.24) is 10.2 Å². The molecule has 0 spiro atoms. The number of benzene rings is 1. The van der Waals surface area contributed by atoms with Gasteiger partial charge in [-0.25, -0.2) is 0 Å². The number of hydrogen-bond donors (Lipinski definition) is 2. The molecule has 0 saturated carbocycles. The van der Waals surface area contributed by atoms with Crippen molar-refractivity contribution < 1.29 is 4.79 Å². The molecule has 0 fully saturated rings. The summed E-state index contributed by atoms with van der Waals surface area (Å²) in [7, 11) is 1.72. The van der Waals surface area contributed by atoms with E-state index in [1.807, 2.05) is 0 Å². The molecule has 1 aromatic heterocycles. The van der Waals surface area contributed by atoms with Crippen LogP contribution in [0.15, 0.2) is 30.3 Å². The lowest BCUT2D eigenvalue weighted by atomic mass is 10.3. The van der Waals surface area contributed by atoms with Gasteiger partial charge in [0.15, 0.2) is 5.69 Å². The predicted octanol–water partition coefficient (Wildman–Crippen LogP) is 3.08. The van der Waals surface area contributed by atoms with Gasteiger partial charge in [0.2, 0.25) is 0 Å². The van der Waals surface area contributed by atoms with Gasteiger partial charge in [0.05, 0.1) is 10.7 Å². The number of carbonyl (C=O) groups excluding carboxylic acids is 1. The van der Waals surface area contributed by atoms with Gasteiger partial charge < -0.3 is 10.6 Å². The Bertz CT molecular complexity index is 601. The number of hydrogen-bond acceptors (Lipinski definition) is 4. The molecule has 19 heavy (non-hydrogen) atoms. The normalized spacial score (nSPS) is 10.1. The Labute approximate surface area is 119 Å². The molecule has 0 saturated heterocycles. The summed E-state index contributed by atoms with van der Waals surface area (Å²) in [5, 5.41) is 13.9. The number of anilines is 2. The Morgan fingerprint density at radius 3 is 2.53 bits per heavy atom. The standard InChI is InChI=1S/C12H10Cl2N4O/c1-15-11-5-4-10(17-18-11)12(19)16-9-3-2-7(13)6-8(9)14/h2-6H,1H3,(H,15,18)(H,16,19). The number of amides is 1. The van der Waals surface area contributed by atoms with E-state index in [2.05, 4.69) is 20.8 Å². The summed E-state index contributed by atoms with van der Waals surface area (Å²) >= 11 is 11.7. The summed E-state index contributed by atoms with van der Waals surface area (Å²) in [5.74, 6) is 0.195. The number of carbonyl (C=O) groups is 1. The smallest absolute Gasteiger partial charge is 0.276 e. The van der Waals surface area contributed by atoms with Crippen molar-refractivity contribution in [3.8, 4) is 0 Å². The third kappa shape index (κ3) is 3.33. The Morgan fingerprint density at radius 2 is 1.95 bits per heavy atom. The van der Waals surface area contributed by atoms with Crippen LogP contribution in [0.2, 0.25) is 10.0 Å². The molecule has 0 bridgehead atoms. The fourth-order valence-electron chi connectivity index (χ4n) is 1.36. The highest BCUT2D eigenvalue weighted by molar-refractivity contribution is 6.36. The summed E-state index contributed by atoms with van der Waals surface area (Å²) in [4.78, 5) is 11.9. The maximum Gasteiger partial charge on any atom is 0.276 e. The molecule has 0 aliphatic heterocycles. The summed E-state index contributed by atoms with van der Waals surface area (Å²) in [5.41, 5.74) is 0.667. The van der Waals surface area contributed by atoms with Gasteiger partial charge in [-0.2, -0.15) is 0 Å². The number of rotatable bonds is 3. The van der Waals surface area contributed by atoms with Crippen LogP contribution in [0.25, 0.3) is 0 Å². The molecule has 0 unspecified atom stereocenters. The predicted molar refractivity (Wildman–Crippen MR) is 76.0 cm³/mol. The van der Waals surface area contributed by atoms with Crippen molar-refractivity contribution >= 4 is 40.6 Å². The van der Waals surface area contributed by atoms with Crippen LogP contribution in [0.1, 0.15) is 10.5 Å². The van der Waals surface area contributed by atoms with Crippen LogP contribution in [-0.2, 0) is 0 Å². The molecular weight excluding hydrogens is 287 g/mol. The summed E-state index contributed by atoms with van der Waals surface area (Å²) in [6.45, 7) is 0. The first-order valence-electron chi connectivity index (χ1n) is 5.38. The van der Waals surface area contributed by atoms with E-state index in [0.29, 0.717) is 21.6 Å². The van der Waals surface area contributed by atoms with Gasteiger partial charge in [0.1, 0.15) is 5.82 Å². The third-order valence-electron chi connectivity index (χ3n) is 2.33. The van der Waals surface area contributed by atoms with Crippen LogP contribution in [-0.4, -0.2) is 23.2 Å². The first-order valence-corrected chi connectivity index (χ1v) is 6.13. The van der Waals surface area contributed by atoms with Crippen molar-refractivity contribution in [2.75, 3.05) is 17.7 Å². The first kappa shape index (κ1) is 13.6. The van der Waals surface area contributed by atoms with Crippen molar-refractivity contribution in [2.24, 2.45) is 0 Å². The molecule has 2 rings (SSSR count). The van der Waals surface area contributed by atoms with Gasteiger partial charge in [-0.15, -0.1) is 10.2 Å². The second-order valence-corrected chi connectivity index (χ2v) is 4.48. The molecule has 7 heteroatoms. The highest BCUT2D eigenvalue weighted by Crippen LogP contribution is 2.25. The zero-order valence-corrected chi connectivity index (χ0v) is 11.5. The van der Waals surface area contributed by atoms with E-state index in [-0.39, 0.29) is 11.6 Å². The third-order valence-corrected chi connectivity index (χ3v) is 2.88. The Hall–Kier alpha value is -1.85. The van der Waals surface area contributed by atoms with Gasteiger partial charge in [0.25, 0.3) is 5.91 Å². The Morgan fingerprint density at radius 1 is 1.16 bits per heavy atom. The zero-order valence-electron chi connectivity index (χ0n) is 9.95. The van der Waals surface area contributed by atoms with E-state index in [0.717, 1.165) is 0 Å². The molecule has 2 N–H and O–H groups in total. The first-order chi connectivity index (χ1) is 9.10. The van der Waals surface area contributed by atoms with Gasteiger partial charge >= 0.3 is 0 Å².